The number of aliphatic hydroxyl groups is 1. The van der Waals surface area contributed by atoms with Gasteiger partial charge in [0, 0.05) is 23.5 Å². The van der Waals surface area contributed by atoms with Crippen molar-refractivity contribution < 1.29 is 10.3 Å². The van der Waals surface area contributed by atoms with Gasteiger partial charge in [-0.2, -0.15) is 11.8 Å². The Labute approximate surface area is 89.6 Å². The van der Waals surface area contributed by atoms with Gasteiger partial charge < -0.3 is 16.0 Å². The highest BCUT2D eigenvalue weighted by atomic mass is 32.2. The van der Waals surface area contributed by atoms with Crippen LogP contribution in [0.2, 0.25) is 0 Å². The van der Waals surface area contributed by atoms with E-state index in [1.165, 1.54) is 0 Å². The normalized spacial score (nSPS) is 16.6. The number of amidine groups is 1. The number of hydrogen-bond donors (Lipinski definition) is 3. The summed E-state index contributed by atoms with van der Waals surface area (Å²) in [5, 5.41) is 20.9. The van der Waals surface area contributed by atoms with Crippen molar-refractivity contribution in [1.82, 2.24) is 0 Å². The fourth-order valence-electron chi connectivity index (χ4n) is 1.14. The third-order valence-corrected chi connectivity index (χ3v) is 3.57. The minimum absolute atomic E-state index is 0.216. The highest BCUT2D eigenvalue weighted by Gasteiger charge is 2.13. The third kappa shape index (κ3) is 6.10. The highest BCUT2D eigenvalue weighted by molar-refractivity contribution is 8.00. The lowest BCUT2D eigenvalue weighted by atomic mass is 10.2. The number of aliphatic hydroxyl groups excluding tert-OH is 1. The van der Waals surface area contributed by atoms with Crippen LogP contribution in [0.5, 0.6) is 0 Å². The van der Waals surface area contributed by atoms with Crippen molar-refractivity contribution >= 4 is 17.6 Å². The third-order valence-electron chi connectivity index (χ3n) is 1.98. The molecule has 4 N–H and O–H groups in total. The minimum atomic E-state index is 0.216. The summed E-state index contributed by atoms with van der Waals surface area (Å²) in [6.45, 7) is 4.37. The quantitative estimate of drug-likeness (QED) is 0.262. The molecule has 0 heterocycles. The lowest BCUT2D eigenvalue weighted by Gasteiger charge is -2.18. The van der Waals surface area contributed by atoms with E-state index >= 15 is 0 Å². The van der Waals surface area contributed by atoms with Crippen LogP contribution in [0, 0.1) is 0 Å². The molecule has 0 saturated carbocycles. The molecule has 5 heteroatoms. The van der Waals surface area contributed by atoms with Crippen LogP contribution in [-0.2, 0) is 0 Å². The maximum Gasteiger partial charge on any atom is 0.140 e. The van der Waals surface area contributed by atoms with Crippen molar-refractivity contribution in [3.63, 3.8) is 0 Å². The largest absolute Gasteiger partial charge is 0.409 e. The molecular formula is C9H20N2O2S. The molecule has 0 bridgehead atoms. The zero-order chi connectivity index (χ0) is 11.0. The minimum Gasteiger partial charge on any atom is -0.409 e. The highest BCUT2D eigenvalue weighted by Crippen LogP contribution is 2.24. The molecule has 0 aromatic rings. The van der Waals surface area contributed by atoms with Crippen LogP contribution in [0.4, 0.5) is 0 Å². The van der Waals surface area contributed by atoms with Crippen molar-refractivity contribution in [2.45, 2.75) is 43.6 Å². The zero-order valence-electron chi connectivity index (χ0n) is 8.81. The van der Waals surface area contributed by atoms with E-state index in [-0.39, 0.29) is 12.4 Å². The second-order valence-electron chi connectivity index (χ2n) is 3.28. The molecule has 0 aromatic carbocycles. The molecule has 0 spiro atoms. The maximum absolute atomic E-state index is 8.75. The number of nitrogens with two attached hydrogens (primary N) is 1. The summed E-state index contributed by atoms with van der Waals surface area (Å²) < 4.78 is 0. The number of nitrogens with zero attached hydrogens (tertiary/aromatic N) is 1. The Kier molecular flexibility index (Phi) is 7.70. The predicted molar refractivity (Wildman–Crippen MR) is 60.9 cm³/mol. The molecule has 2 unspecified atom stereocenters. The van der Waals surface area contributed by atoms with Crippen molar-refractivity contribution in [3.8, 4) is 0 Å². The Morgan fingerprint density at radius 3 is 2.64 bits per heavy atom. The Hall–Kier alpha value is -0.420. The lowest BCUT2D eigenvalue weighted by Crippen LogP contribution is -2.20. The van der Waals surface area contributed by atoms with Gasteiger partial charge in [-0.3, -0.25) is 0 Å². The van der Waals surface area contributed by atoms with E-state index in [9.17, 15) is 0 Å². The summed E-state index contributed by atoms with van der Waals surface area (Å²) in [6.07, 6.45) is 2.38. The van der Waals surface area contributed by atoms with Gasteiger partial charge >= 0.3 is 0 Å². The molecule has 0 rings (SSSR count). The van der Waals surface area contributed by atoms with Crippen molar-refractivity contribution in [2.75, 3.05) is 6.61 Å². The summed E-state index contributed by atoms with van der Waals surface area (Å²) in [5.74, 6) is 0.278. The molecule has 0 radical (unpaired) electrons. The van der Waals surface area contributed by atoms with E-state index in [2.05, 4.69) is 19.0 Å². The van der Waals surface area contributed by atoms with Crippen molar-refractivity contribution in [1.29, 1.82) is 0 Å². The van der Waals surface area contributed by atoms with Gasteiger partial charge in [-0.05, 0) is 12.8 Å². The molecule has 0 aromatic heterocycles. The first-order valence-corrected chi connectivity index (χ1v) is 5.81. The smallest absolute Gasteiger partial charge is 0.140 e. The molecule has 0 amide bonds. The molecule has 2 atom stereocenters. The number of oxime groups is 1. The molecule has 0 saturated heterocycles. The van der Waals surface area contributed by atoms with Crippen LogP contribution >= 0.6 is 11.8 Å². The summed E-state index contributed by atoms with van der Waals surface area (Å²) in [4.78, 5) is 0. The Morgan fingerprint density at radius 2 is 2.21 bits per heavy atom. The van der Waals surface area contributed by atoms with Crippen LogP contribution in [0.15, 0.2) is 5.16 Å². The Morgan fingerprint density at radius 1 is 1.57 bits per heavy atom. The lowest BCUT2D eigenvalue weighted by molar-refractivity contribution is 0.288. The van der Waals surface area contributed by atoms with E-state index in [0.717, 1.165) is 12.8 Å². The van der Waals surface area contributed by atoms with Crippen LogP contribution in [0.3, 0.4) is 0 Å². The first-order valence-electron chi connectivity index (χ1n) is 4.86. The molecule has 0 aliphatic rings. The Bertz CT molecular complexity index is 176. The van der Waals surface area contributed by atoms with Crippen molar-refractivity contribution in [3.05, 3.63) is 0 Å². The van der Waals surface area contributed by atoms with Gasteiger partial charge in [0.05, 0.1) is 0 Å². The average Bonchev–Trinajstić information content (AvgIpc) is 2.16. The van der Waals surface area contributed by atoms with Crippen molar-refractivity contribution in [2.24, 2.45) is 10.9 Å². The summed E-state index contributed by atoms with van der Waals surface area (Å²) in [7, 11) is 0. The Balaban J connectivity index is 3.89. The molecule has 14 heavy (non-hydrogen) atoms. The van der Waals surface area contributed by atoms with Gasteiger partial charge in [0.25, 0.3) is 0 Å². The van der Waals surface area contributed by atoms with Crippen LogP contribution in [-0.4, -0.2) is 33.3 Å². The fourth-order valence-corrected chi connectivity index (χ4v) is 2.50. The average molecular weight is 220 g/mol. The van der Waals surface area contributed by atoms with Gasteiger partial charge in [-0.25, -0.2) is 0 Å². The summed E-state index contributed by atoms with van der Waals surface area (Å²) in [6, 6.07) is 0. The zero-order valence-corrected chi connectivity index (χ0v) is 9.63. The first-order chi connectivity index (χ1) is 6.63. The maximum atomic E-state index is 8.75. The molecule has 84 valence electrons. The molecule has 0 aliphatic heterocycles. The van der Waals surface area contributed by atoms with E-state index in [1.54, 1.807) is 11.8 Å². The van der Waals surface area contributed by atoms with E-state index in [0.29, 0.717) is 16.9 Å². The number of hydrogen-bond acceptors (Lipinski definition) is 4. The molecule has 4 nitrogen and oxygen atoms in total. The second kappa shape index (κ2) is 7.94. The molecular weight excluding hydrogens is 200 g/mol. The van der Waals surface area contributed by atoms with Crippen LogP contribution in [0.1, 0.15) is 33.1 Å². The SMILES string of the molecule is CCC(CC(N)=NO)SC(C)CCO. The summed E-state index contributed by atoms with van der Waals surface area (Å²) >= 11 is 1.78. The van der Waals surface area contributed by atoms with Gasteiger partial charge in [0.15, 0.2) is 0 Å². The summed E-state index contributed by atoms with van der Waals surface area (Å²) in [5.41, 5.74) is 5.44. The predicted octanol–water partition coefficient (Wildman–Crippen LogP) is 1.41. The van der Waals surface area contributed by atoms with E-state index in [1.807, 2.05) is 0 Å². The standard InChI is InChI=1S/C9H20N2O2S/c1-3-8(6-9(10)11-13)14-7(2)4-5-12/h7-8,12-13H,3-6H2,1-2H3,(H2,10,11). The topological polar surface area (TPSA) is 78.8 Å². The molecule has 0 fully saturated rings. The van der Waals surface area contributed by atoms with E-state index < -0.39 is 0 Å². The van der Waals surface area contributed by atoms with E-state index in [4.69, 9.17) is 16.0 Å². The monoisotopic (exact) mass is 220 g/mol. The van der Waals surface area contributed by atoms with Gasteiger partial charge in [0.2, 0.25) is 0 Å². The van der Waals surface area contributed by atoms with Crippen LogP contribution in [0.25, 0.3) is 0 Å². The first kappa shape index (κ1) is 13.6. The fraction of sp³-hybridized carbons (Fsp3) is 0.889. The number of rotatable bonds is 7. The molecule has 0 aliphatic carbocycles. The van der Waals surface area contributed by atoms with Gasteiger partial charge in [0.1, 0.15) is 5.84 Å². The second-order valence-corrected chi connectivity index (χ2v) is 5.03. The number of thioether (sulfide) groups is 1. The van der Waals surface area contributed by atoms with Gasteiger partial charge in [-0.1, -0.05) is 19.0 Å². The van der Waals surface area contributed by atoms with Crippen LogP contribution < -0.4 is 5.73 Å². The van der Waals surface area contributed by atoms with Gasteiger partial charge in [-0.15, -0.1) is 0 Å².